The molecule has 0 aliphatic carbocycles. The smallest absolute Gasteiger partial charge is 0.352 e. The van der Waals surface area contributed by atoms with Crippen LogP contribution in [0.2, 0.25) is 0 Å². The second-order valence-electron chi connectivity index (χ2n) is 3.54. The summed E-state index contributed by atoms with van der Waals surface area (Å²) in [5.41, 5.74) is 0.935. The van der Waals surface area contributed by atoms with Crippen LogP contribution < -0.4 is 4.74 Å². The topological polar surface area (TPSA) is 51.5 Å². The van der Waals surface area contributed by atoms with Crippen LogP contribution in [-0.4, -0.2) is 22.8 Å². The molecule has 0 atom stereocenters. The van der Waals surface area contributed by atoms with Gasteiger partial charge in [0.2, 0.25) is 0 Å². The summed E-state index contributed by atoms with van der Waals surface area (Å²) in [4.78, 5) is 11.1. The van der Waals surface area contributed by atoms with Crippen molar-refractivity contribution in [2.24, 2.45) is 0 Å². The number of aromatic carboxylic acids is 1. The monoisotopic (exact) mass is 373 g/mol. The molecule has 6 heteroatoms. The molecule has 0 saturated carbocycles. The van der Waals surface area contributed by atoms with Crippen molar-refractivity contribution < 1.29 is 14.6 Å². The molecule has 1 aromatic heterocycles. The van der Waals surface area contributed by atoms with E-state index < -0.39 is 5.97 Å². The highest BCUT2D eigenvalue weighted by Crippen LogP contribution is 2.29. The Labute approximate surface area is 120 Å². The Balaban J connectivity index is 2.55. The zero-order valence-electron chi connectivity index (χ0n) is 9.35. The summed E-state index contributed by atoms with van der Waals surface area (Å²) >= 11 is 6.65. The Morgan fingerprint density at radius 2 is 2.06 bits per heavy atom. The van der Waals surface area contributed by atoms with E-state index >= 15 is 0 Å². The highest BCUT2D eigenvalue weighted by Gasteiger charge is 2.13. The predicted octanol–water partition coefficient (Wildman–Crippen LogP) is 3.71. The fraction of sp³-hybridized carbons (Fsp3) is 0.0833. The Morgan fingerprint density at radius 1 is 1.33 bits per heavy atom. The SMILES string of the molecule is COc1ccc(-n2cc(Br)cc2C(=O)O)cc1Br. The van der Waals surface area contributed by atoms with Gasteiger partial charge in [-0.05, 0) is 56.1 Å². The maximum atomic E-state index is 11.1. The number of nitrogens with zero attached hydrogens (tertiary/aromatic N) is 1. The predicted molar refractivity (Wildman–Crippen MR) is 74.7 cm³/mol. The molecule has 1 heterocycles. The first-order chi connectivity index (χ1) is 8.52. The quantitative estimate of drug-likeness (QED) is 0.890. The van der Waals surface area contributed by atoms with Gasteiger partial charge in [-0.3, -0.25) is 0 Å². The number of hydrogen-bond donors (Lipinski definition) is 1. The van der Waals surface area contributed by atoms with Gasteiger partial charge in [-0.1, -0.05) is 0 Å². The van der Waals surface area contributed by atoms with Gasteiger partial charge in [0, 0.05) is 16.4 Å². The maximum absolute atomic E-state index is 11.1. The van der Waals surface area contributed by atoms with E-state index in [2.05, 4.69) is 31.9 Å². The van der Waals surface area contributed by atoms with Gasteiger partial charge in [0.15, 0.2) is 0 Å². The first-order valence-electron chi connectivity index (χ1n) is 4.98. The third-order valence-electron chi connectivity index (χ3n) is 2.42. The van der Waals surface area contributed by atoms with Crippen molar-refractivity contribution in [2.75, 3.05) is 7.11 Å². The minimum Gasteiger partial charge on any atom is -0.496 e. The highest BCUT2D eigenvalue weighted by atomic mass is 79.9. The average Bonchev–Trinajstić information content (AvgIpc) is 2.71. The molecule has 0 unspecified atom stereocenters. The highest BCUT2D eigenvalue weighted by molar-refractivity contribution is 9.10. The van der Waals surface area contributed by atoms with Crippen molar-refractivity contribution in [1.29, 1.82) is 0 Å². The van der Waals surface area contributed by atoms with Crippen LogP contribution in [0.15, 0.2) is 39.4 Å². The maximum Gasteiger partial charge on any atom is 0.352 e. The standard InChI is InChI=1S/C12H9Br2NO3/c1-18-11-3-2-8(5-9(11)14)15-6-7(13)4-10(15)12(16)17/h2-6H,1H3,(H,16,17). The van der Waals surface area contributed by atoms with Crippen molar-refractivity contribution in [3.8, 4) is 11.4 Å². The lowest BCUT2D eigenvalue weighted by Crippen LogP contribution is -2.05. The van der Waals surface area contributed by atoms with Gasteiger partial charge in [0.05, 0.1) is 11.6 Å². The summed E-state index contributed by atoms with van der Waals surface area (Å²) in [6.07, 6.45) is 1.71. The number of benzene rings is 1. The fourth-order valence-corrected chi connectivity index (χ4v) is 2.56. The number of methoxy groups -OCH3 is 1. The Morgan fingerprint density at radius 3 is 2.61 bits per heavy atom. The van der Waals surface area contributed by atoms with Crippen LogP contribution in [0.3, 0.4) is 0 Å². The van der Waals surface area contributed by atoms with Crippen LogP contribution in [0.25, 0.3) is 5.69 Å². The Hall–Kier alpha value is -1.27. The molecule has 18 heavy (non-hydrogen) atoms. The van der Waals surface area contributed by atoms with Crippen LogP contribution in [-0.2, 0) is 0 Å². The van der Waals surface area contributed by atoms with E-state index in [4.69, 9.17) is 9.84 Å². The van der Waals surface area contributed by atoms with E-state index in [9.17, 15) is 4.79 Å². The summed E-state index contributed by atoms with van der Waals surface area (Å²) in [7, 11) is 1.58. The van der Waals surface area contributed by atoms with Gasteiger partial charge in [0.25, 0.3) is 0 Å². The molecule has 1 N–H and O–H groups in total. The lowest BCUT2D eigenvalue weighted by molar-refractivity contribution is 0.0688. The second-order valence-corrected chi connectivity index (χ2v) is 5.31. The van der Waals surface area contributed by atoms with Gasteiger partial charge in [-0.2, -0.15) is 0 Å². The van der Waals surface area contributed by atoms with Gasteiger partial charge < -0.3 is 14.4 Å². The number of aromatic nitrogens is 1. The first-order valence-corrected chi connectivity index (χ1v) is 6.56. The van der Waals surface area contributed by atoms with E-state index in [0.717, 1.165) is 10.2 Å². The molecular weight excluding hydrogens is 366 g/mol. The molecule has 0 fully saturated rings. The normalized spacial score (nSPS) is 10.4. The van der Waals surface area contributed by atoms with E-state index in [0.29, 0.717) is 10.2 Å². The second kappa shape index (κ2) is 5.16. The van der Waals surface area contributed by atoms with Crippen LogP contribution in [0.4, 0.5) is 0 Å². The molecule has 4 nitrogen and oxygen atoms in total. The molecule has 0 spiro atoms. The Kier molecular flexibility index (Phi) is 3.77. The van der Waals surface area contributed by atoms with E-state index in [1.807, 2.05) is 0 Å². The zero-order valence-corrected chi connectivity index (χ0v) is 12.5. The van der Waals surface area contributed by atoms with Crippen molar-refractivity contribution in [1.82, 2.24) is 4.57 Å². The minimum atomic E-state index is -0.979. The molecule has 1 aromatic carbocycles. The van der Waals surface area contributed by atoms with Gasteiger partial charge in [-0.15, -0.1) is 0 Å². The number of halogens is 2. The molecular formula is C12H9Br2NO3. The van der Waals surface area contributed by atoms with Crippen LogP contribution in [0, 0.1) is 0 Å². The summed E-state index contributed by atoms with van der Waals surface area (Å²) in [5.74, 6) is -0.283. The fourth-order valence-electron chi connectivity index (χ4n) is 1.61. The number of carboxylic acid groups (broad SMARTS) is 1. The summed E-state index contributed by atoms with van der Waals surface area (Å²) in [6.45, 7) is 0. The third kappa shape index (κ3) is 2.44. The van der Waals surface area contributed by atoms with Crippen LogP contribution in [0.5, 0.6) is 5.75 Å². The largest absolute Gasteiger partial charge is 0.496 e. The molecule has 94 valence electrons. The summed E-state index contributed by atoms with van der Waals surface area (Å²) in [6, 6.07) is 6.93. The molecule has 0 bridgehead atoms. The van der Waals surface area contributed by atoms with Gasteiger partial charge in [-0.25, -0.2) is 4.79 Å². The van der Waals surface area contributed by atoms with Crippen molar-refractivity contribution >= 4 is 37.8 Å². The van der Waals surface area contributed by atoms with Crippen molar-refractivity contribution in [3.63, 3.8) is 0 Å². The molecule has 0 saturated heterocycles. The van der Waals surface area contributed by atoms with Crippen LogP contribution >= 0.6 is 31.9 Å². The molecule has 2 aromatic rings. The molecule has 0 aliphatic rings. The van der Waals surface area contributed by atoms with E-state index in [1.54, 1.807) is 42.1 Å². The zero-order chi connectivity index (χ0) is 13.3. The van der Waals surface area contributed by atoms with E-state index in [-0.39, 0.29) is 5.69 Å². The van der Waals surface area contributed by atoms with Gasteiger partial charge in [0.1, 0.15) is 11.4 Å². The number of carboxylic acids is 1. The average molecular weight is 375 g/mol. The number of rotatable bonds is 3. The van der Waals surface area contributed by atoms with E-state index in [1.165, 1.54) is 0 Å². The number of hydrogen-bond acceptors (Lipinski definition) is 2. The summed E-state index contributed by atoms with van der Waals surface area (Å²) in [5, 5.41) is 9.13. The lowest BCUT2D eigenvalue weighted by Gasteiger charge is -2.09. The van der Waals surface area contributed by atoms with Gasteiger partial charge >= 0.3 is 5.97 Å². The number of carbonyl (C=O) groups is 1. The van der Waals surface area contributed by atoms with Crippen molar-refractivity contribution in [3.05, 3.63) is 45.1 Å². The van der Waals surface area contributed by atoms with Crippen LogP contribution in [0.1, 0.15) is 10.5 Å². The first kappa shape index (κ1) is 13.2. The molecule has 2 rings (SSSR count). The lowest BCUT2D eigenvalue weighted by atomic mass is 10.3. The Bertz CT molecular complexity index is 607. The summed E-state index contributed by atoms with van der Waals surface area (Å²) < 4.78 is 8.21. The minimum absolute atomic E-state index is 0.193. The molecule has 0 radical (unpaired) electrons. The molecule has 0 amide bonds. The molecule has 0 aliphatic heterocycles. The third-order valence-corrected chi connectivity index (χ3v) is 3.47. The van der Waals surface area contributed by atoms with Crippen molar-refractivity contribution in [2.45, 2.75) is 0 Å². The number of ether oxygens (including phenoxy) is 1.